The van der Waals surface area contributed by atoms with Crippen molar-refractivity contribution in [3.05, 3.63) is 64.7 Å². The van der Waals surface area contributed by atoms with Gasteiger partial charge in [0.05, 0.1) is 0 Å². The molecule has 0 spiro atoms. The van der Waals surface area contributed by atoms with Gasteiger partial charge in [0.2, 0.25) is 0 Å². The topological polar surface area (TPSA) is 32.3 Å². The fourth-order valence-electron chi connectivity index (χ4n) is 2.77. The summed E-state index contributed by atoms with van der Waals surface area (Å²) in [5, 5.41) is 14.2. The molecular formula is C22H31NO. The van der Waals surface area contributed by atoms with Crippen LogP contribution in [0.5, 0.6) is 5.75 Å². The third kappa shape index (κ3) is 4.61. The van der Waals surface area contributed by atoms with Gasteiger partial charge in [-0.1, -0.05) is 84.0 Å². The van der Waals surface area contributed by atoms with Crippen LogP contribution in [0.2, 0.25) is 0 Å². The van der Waals surface area contributed by atoms with Crippen molar-refractivity contribution < 1.29 is 5.11 Å². The maximum atomic E-state index is 10.8. The second-order valence-corrected chi connectivity index (χ2v) is 8.62. The van der Waals surface area contributed by atoms with Crippen LogP contribution in [0.25, 0.3) is 0 Å². The molecule has 0 saturated carbocycles. The third-order valence-electron chi connectivity index (χ3n) is 4.35. The lowest BCUT2D eigenvalue weighted by Gasteiger charge is -2.27. The Morgan fingerprint density at radius 1 is 0.833 bits per heavy atom. The first kappa shape index (κ1) is 18.5. The Labute approximate surface area is 146 Å². The Kier molecular flexibility index (Phi) is 5.39. The molecule has 2 aromatic carbocycles. The van der Waals surface area contributed by atoms with Gasteiger partial charge in [-0.25, -0.2) is 0 Å². The molecule has 24 heavy (non-hydrogen) atoms. The number of hydrogen-bond acceptors (Lipinski definition) is 2. The SMILES string of the molecule is CC(C)(C)c1cc(CNCc2ccccc2)c(O)c(C(C)(C)C)c1. The summed E-state index contributed by atoms with van der Waals surface area (Å²) in [7, 11) is 0. The Morgan fingerprint density at radius 3 is 2.00 bits per heavy atom. The van der Waals surface area contributed by atoms with E-state index in [1.807, 2.05) is 18.2 Å². The van der Waals surface area contributed by atoms with Gasteiger partial charge in [-0.15, -0.1) is 0 Å². The van der Waals surface area contributed by atoms with Crippen LogP contribution in [0.1, 0.15) is 63.8 Å². The number of hydrogen-bond donors (Lipinski definition) is 2. The number of benzene rings is 2. The van der Waals surface area contributed by atoms with E-state index in [2.05, 4.69) is 71.1 Å². The van der Waals surface area contributed by atoms with E-state index < -0.39 is 0 Å². The van der Waals surface area contributed by atoms with Crippen LogP contribution in [0.3, 0.4) is 0 Å². The fourth-order valence-corrected chi connectivity index (χ4v) is 2.77. The molecule has 0 aliphatic heterocycles. The molecule has 2 rings (SSSR count). The Hall–Kier alpha value is -1.80. The zero-order valence-electron chi connectivity index (χ0n) is 15.9. The summed E-state index contributed by atoms with van der Waals surface area (Å²) in [6.07, 6.45) is 0. The summed E-state index contributed by atoms with van der Waals surface area (Å²) in [6, 6.07) is 14.6. The second-order valence-electron chi connectivity index (χ2n) is 8.62. The molecule has 130 valence electrons. The average Bonchev–Trinajstić information content (AvgIpc) is 2.47. The predicted octanol–water partition coefficient (Wildman–Crippen LogP) is 5.28. The number of phenolic OH excluding ortho intramolecular Hbond substituents is 1. The number of aromatic hydroxyl groups is 1. The predicted molar refractivity (Wildman–Crippen MR) is 102 cm³/mol. The molecule has 2 N–H and O–H groups in total. The first-order valence-electron chi connectivity index (χ1n) is 8.70. The minimum absolute atomic E-state index is 0.0574. The van der Waals surface area contributed by atoms with Crippen molar-refractivity contribution in [3.63, 3.8) is 0 Å². The summed E-state index contributed by atoms with van der Waals surface area (Å²) in [4.78, 5) is 0. The normalized spacial score (nSPS) is 12.4. The van der Waals surface area contributed by atoms with E-state index in [9.17, 15) is 5.11 Å². The summed E-state index contributed by atoms with van der Waals surface area (Å²) in [5.41, 5.74) is 4.48. The van der Waals surface area contributed by atoms with E-state index in [1.54, 1.807) is 0 Å². The minimum Gasteiger partial charge on any atom is -0.507 e. The van der Waals surface area contributed by atoms with Gasteiger partial charge in [-0.05, 0) is 27.5 Å². The van der Waals surface area contributed by atoms with Crippen molar-refractivity contribution in [1.29, 1.82) is 0 Å². The van der Waals surface area contributed by atoms with Crippen LogP contribution in [-0.4, -0.2) is 5.11 Å². The Bertz CT molecular complexity index is 676. The molecule has 0 fully saturated rings. The van der Waals surface area contributed by atoms with E-state index in [0.29, 0.717) is 12.3 Å². The molecule has 2 nitrogen and oxygen atoms in total. The highest BCUT2D eigenvalue weighted by molar-refractivity contribution is 5.48. The average molecular weight is 325 g/mol. The third-order valence-corrected chi connectivity index (χ3v) is 4.35. The van der Waals surface area contributed by atoms with Crippen molar-refractivity contribution in [2.45, 2.75) is 65.5 Å². The molecule has 2 aromatic rings. The summed E-state index contributed by atoms with van der Waals surface area (Å²) < 4.78 is 0. The van der Waals surface area contributed by atoms with Crippen LogP contribution in [0, 0.1) is 0 Å². The first-order chi connectivity index (χ1) is 11.1. The van der Waals surface area contributed by atoms with Gasteiger partial charge in [0.15, 0.2) is 0 Å². The van der Waals surface area contributed by atoms with Gasteiger partial charge in [-0.2, -0.15) is 0 Å². The molecule has 0 aliphatic carbocycles. The summed E-state index contributed by atoms with van der Waals surface area (Å²) in [5.74, 6) is 0.427. The van der Waals surface area contributed by atoms with Crippen LogP contribution in [0.15, 0.2) is 42.5 Å². The van der Waals surface area contributed by atoms with Crippen LogP contribution in [0.4, 0.5) is 0 Å². The zero-order chi connectivity index (χ0) is 18.0. The number of nitrogens with one attached hydrogen (secondary N) is 1. The largest absolute Gasteiger partial charge is 0.507 e. The van der Waals surface area contributed by atoms with E-state index in [0.717, 1.165) is 17.7 Å². The maximum Gasteiger partial charge on any atom is 0.123 e. The summed E-state index contributed by atoms with van der Waals surface area (Å²) in [6.45, 7) is 14.5. The van der Waals surface area contributed by atoms with Gasteiger partial charge >= 0.3 is 0 Å². The lowest BCUT2D eigenvalue weighted by molar-refractivity contribution is 0.435. The lowest BCUT2D eigenvalue weighted by atomic mass is 9.79. The highest BCUT2D eigenvalue weighted by atomic mass is 16.3. The van der Waals surface area contributed by atoms with Crippen LogP contribution >= 0.6 is 0 Å². The molecular weight excluding hydrogens is 294 g/mol. The molecule has 0 saturated heterocycles. The van der Waals surface area contributed by atoms with Gasteiger partial charge in [0, 0.05) is 18.7 Å². The number of rotatable bonds is 4. The molecule has 2 heteroatoms. The molecule has 0 unspecified atom stereocenters. The molecule has 0 amide bonds. The minimum atomic E-state index is -0.0838. The molecule has 0 atom stereocenters. The maximum absolute atomic E-state index is 10.8. The monoisotopic (exact) mass is 325 g/mol. The van der Waals surface area contributed by atoms with Crippen LogP contribution < -0.4 is 5.32 Å². The van der Waals surface area contributed by atoms with Crippen molar-refractivity contribution in [1.82, 2.24) is 5.32 Å². The molecule has 0 radical (unpaired) electrons. The molecule has 0 aromatic heterocycles. The van der Waals surface area contributed by atoms with E-state index >= 15 is 0 Å². The Balaban J connectivity index is 2.27. The lowest BCUT2D eigenvalue weighted by Crippen LogP contribution is -2.19. The van der Waals surface area contributed by atoms with Gasteiger partial charge in [-0.3, -0.25) is 0 Å². The molecule has 0 bridgehead atoms. The van der Waals surface area contributed by atoms with Crippen molar-refractivity contribution >= 4 is 0 Å². The van der Waals surface area contributed by atoms with E-state index in [-0.39, 0.29) is 10.8 Å². The van der Waals surface area contributed by atoms with Crippen molar-refractivity contribution in [3.8, 4) is 5.75 Å². The van der Waals surface area contributed by atoms with Crippen LogP contribution in [-0.2, 0) is 23.9 Å². The number of phenols is 1. The fraction of sp³-hybridized carbons (Fsp3) is 0.455. The summed E-state index contributed by atoms with van der Waals surface area (Å²) >= 11 is 0. The second kappa shape index (κ2) is 6.98. The Morgan fingerprint density at radius 2 is 1.46 bits per heavy atom. The smallest absolute Gasteiger partial charge is 0.123 e. The highest BCUT2D eigenvalue weighted by Gasteiger charge is 2.24. The quantitative estimate of drug-likeness (QED) is 0.802. The standard InChI is InChI=1S/C22H31NO/c1-21(2,3)18-12-17(20(24)19(13-18)22(4,5)6)15-23-14-16-10-8-7-9-11-16/h7-13,23-24H,14-15H2,1-6H3. The zero-order valence-corrected chi connectivity index (χ0v) is 15.9. The van der Waals surface area contributed by atoms with E-state index in [4.69, 9.17) is 0 Å². The first-order valence-corrected chi connectivity index (χ1v) is 8.70. The molecule has 0 heterocycles. The van der Waals surface area contributed by atoms with E-state index in [1.165, 1.54) is 11.1 Å². The molecule has 0 aliphatic rings. The van der Waals surface area contributed by atoms with Crippen molar-refractivity contribution in [2.75, 3.05) is 0 Å². The highest BCUT2D eigenvalue weighted by Crippen LogP contribution is 2.37. The van der Waals surface area contributed by atoms with Crippen molar-refractivity contribution in [2.24, 2.45) is 0 Å². The van der Waals surface area contributed by atoms with Gasteiger partial charge in [0.1, 0.15) is 5.75 Å². The van der Waals surface area contributed by atoms with Gasteiger partial charge in [0.25, 0.3) is 0 Å². The van der Waals surface area contributed by atoms with Gasteiger partial charge < -0.3 is 10.4 Å².